The summed E-state index contributed by atoms with van der Waals surface area (Å²) in [6, 6.07) is 0. The summed E-state index contributed by atoms with van der Waals surface area (Å²) >= 11 is 2.77. The predicted molar refractivity (Wildman–Crippen MR) is 33.1 cm³/mol. The first kappa shape index (κ1) is 7.95. The summed E-state index contributed by atoms with van der Waals surface area (Å²) in [5.74, 6) is 0. The van der Waals surface area contributed by atoms with Gasteiger partial charge in [-0.1, -0.05) is 5.11 Å². The van der Waals surface area contributed by atoms with Crippen LogP contribution in [0.15, 0.2) is 10.2 Å². The zero-order valence-electron chi connectivity index (χ0n) is 4.09. The molecule has 0 atom stereocenters. The molecule has 0 aliphatic carbocycles. The first-order chi connectivity index (χ1) is 3.63. The monoisotopic (exact) mass is 192 g/mol. The highest BCUT2D eigenvalue weighted by Crippen LogP contribution is 1.89. The Labute approximate surface area is 61.9 Å². The minimum absolute atomic E-state index is 0.302. The van der Waals surface area contributed by atoms with Gasteiger partial charge in [0.05, 0.1) is 0 Å². The standard InChI is InChI=1S/C2BrN2O2.Al.2H/c3-2(7)5-4-1-6;;;. The Morgan fingerprint density at radius 3 is 2.00 bits per heavy atom. The van der Waals surface area contributed by atoms with Crippen LogP contribution in [0.4, 0.5) is 9.59 Å². The van der Waals surface area contributed by atoms with Crippen molar-refractivity contribution in [2.45, 2.75) is 0 Å². The topological polar surface area (TPSA) is 58.9 Å². The van der Waals surface area contributed by atoms with Crippen LogP contribution in [-0.2, 0) is 0 Å². The highest BCUT2D eigenvalue weighted by molar-refractivity contribution is 9.18. The van der Waals surface area contributed by atoms with Crippen molar-refractivity contribution in [2.75, 3.05) is 0 Å². The lowest BCUT2D eigenvalue weighted by atomic mass is 11.3. The van der Waals surface area contributed by atoms with E-state index in [1.165, 1.54) is 0 Å². The lowest BCUT2D eigenvalue weighted by Gasteiger charge is -1.73. The van der Waals surface area contributed by atoms with Crippen LogP contribution >= 0.6 is 15.9 Å². The van der Waals surface area contributed by atoms with E-state index in [0.717, 1.165) is 0 Å². The number of hydrogen-bond acceptors (Lipinski definition) is 2. The third-order valence-corrected chi connectivity index (χ3v) is 0.628. The van der Waals surface area contributed by atoms with Crippen molar-refractivity contribution < 1.29 is 9.59 Å². The second-order valence-corrected chi connectivity index (χ2v) is 2.51. The minimum atomic E-state index is -0.623. The highest BCUT2D eigenvalue weighted by atomic mass is 79.9. The molecule has 0 bridgehead atoms. The lowest BCUT2D eigenvalue weighted by Crippen LogP contribution is -1.84. The van der Waals surface area contributed by atoms with E-state index in [-0.39, 0.29) is 4.77 Å². The fourth-order valence-corrected chi connectivity index (χ4v) is 0.289. The van der Waals surface area contributed by atoms with Gasteiger partial charge in [-0.2, -0.15) is 0 Å². The number of nitrogens with zero attached hydrogens (tertiary/aromatic N) is 2. The molecule has 0 rings (SSSR count). The van der Waals surface area contributed by atoms with Crippen LogP contribution in [0.3, 0.4) is 0 Å². The summed E-state index contributed by atoms with van der Waals surface area (Å²) < 4.78 is -0.349. The van der Waals surface area contributed by atoms with E-state index in [1.807, 2.05) is 0 Å². The summed E-state index contributed by atoms with van der Waals surface area (Å²) in [4.78, 5) is 19.2. The van der Waals surface area contributed by atoms with Crippen molar-refractivity contribution in [1.29, 1.82) is 0 Å². The molecule has 0 radical (unpaired) electrons. The molecule has 0 N–H and O–H groups in total. The Hall–Kier alpha value is -0.0475. The van der Waals surface area contributed by atoms with Crippen molar-refractivity contribution in [2.24, 2.45) is 10.2 Å². The number of azo groups is 1. The molecule has 6 heteroatoms. The van der Waals surface area contributed by atoms with Crippen LogP contribution in [0.5, 0.6) is 0 Å². The van der Waals surface area contributed by atoms with Gasteiger partial charge in [0.25, 0.3) is 0 Å². The maximum atomic E-state index is 9.98. The van der Waals surface area contributed by atoms with E-state index in [4.69, 9.17) is 0 Å². The Balaban J connectivity index is 3.67. The van der Waals surface area contributed by atoms with E-state index in [9.17, 15) is 9.59 Å². The molecule has 0 aliphatic rings. The fraction of sp³-hybridized carbons (Fsp3) is 0. The molecular weight excluding hydrogens is 191 g/mol. The van der Waals surface area contributed by atoms with Gasteiger partial charge >= 0.3 is 21.1 Å². The van der Waals surface area contributed by atoms with E-state index in [2.05, 4.69) is 26.2 Å². The van der Waals surface area contributed by atoms with E-state index < -0.39 is 4.82 Å². The Bertz CT molecular complexity index is 129. The number of hydrogen-bond donors (Lipinski definition) is 0. The average molecular weight is 193 g/mol. The molecule has 0 unspecified atom stereocenters. The zero-order valence-corrected chi connectivity index (χ0v) is 7.67. The third kappa shape index (κ3) is 5.95. The van der Waals surface area contributed by atoms with Gasteiger partial charge in [0, 0.05) is 15.9 Å². The lowest BCUT2D eigenvalue weighted by molar-refractivity contribution is 0.261. The molecule has 0 saturated carbocycles. The van der Waals surface area contributed by atoms with Crippen LogP contribution in [0.1, 0.15) is 0 Å². The molecule has 0 aliphatic heterocycles. The maximum absolute atomic E-state index is 9.98. The van der Waals surface area contributed by atoms with Gasteiger partial charge in [-0.25, -0.2) is 0 Å². The van der Waals surface area contributed by atoms with Crippen LogP contribution in [-0.4, -0.2) is 25.9 Å². The molecular formula is C2H2AlBrN2O2. The summed E-state index contributed by atoms with van der Waals surface area (Å²) in [6.07, 6.45) is 0. The first-order valence-corrected chi connectivity index (χ1v) is 3.54. The van der Waals surface area contributed by atoms with Crippen LogP contribution in [0.2, 0.25) is 0 Å². The average Bonchev–Trinajstić information content (AvgIpc) is 1.61. The van der Waals surface area contributed by atoms with E-state index in [0.29, 0.717) is 16.3 Å². The van der Waals surface area contributed by atoms with Crippen molar-refractivity contribution in [3.05, 3.63) is 0 Å². The fourth-order valence-electron chi connectivity index (χ4n) is 0.110. The SMILES string of the molecule is O=[C]([AlH2])N=NC(=O)Br. The molecule has 0 aromatic heterocycles. The maximum Gasteiger partial charge on any atom is 0.362 e. The van der Waals surface area contributed by atoms with Gasteiger partial charge in [-0.3, -0.25) is 9.59 Å². The number of rotatable bonds is 0. The Morgan fingerprint density at radius 1 is 1.38 bits per heavy atom. The van der Waals surface area contributed by atoms with Crippen LogP contribution in [0, 0.1) is 0 Å². The van der Waals surface area contributed by atoms with E-state index in [1.54, 1.807) is 0 Å². The molecule has 0 spiro atoms. The number of halogens is 1. The largest absolute Gasteiger partial charge is 0.362 e. The van der Waals surface area contributed by atoms with Crippen molar-refractivity contribution in [3.63, 3.8) is 0 Å². The molecule has 2 amide bonds. The van der Waals surface area contributed by atoms with E-state index >= 15 is 0 Å². The normalized spacial score (nSPS) is 9.62. The van der Waals surface area contributed by atoms with Gasteiger partial charge in [-0.05, 0) is 0 Å². The van der Waals surface area contributed by atoms with Gasteiger partial charge in [0.2, 0.25) is 0 Å². The second-order valence-electron chi connectivity index (χ2n) is 0.972. The zero-order chi connectivity index (χ0) is 6.57. The first-order valence-electron chi connectivity index (χ1n) is 1.74. The molecule has 4 nitrogen and oxygen atoms in total. The summed E-state index contributed by atoms with van der Waals surface area (Å²) in [5, 5.41) is 5.89. The van der Waals surface area contributed by atoms with Gasteiger partial charge < -0.3 is 0 Å². The number of carbonyl (C=O) groups is 2. The van der Waals surface area contributed by atoms with Crippen LogP contribution < -0.4 is 0 Å². The Kier molecular flexibility index (Phi) is 3.87. The third-order valence-electron chi connectivity index (χ3n) is 0.269. The Morgan fingerprint density at radius 2 is 1.88 bits per heavy atom. The summed E-state index contributed by atoms with van der Waals surface area (Å²) in [7, 11) is 0. The molecule has 8 heavy (non-hydrogen) atoms. The molecule has 0 saturated heterocycles. The van der Waals surface area contributed by atoms with Crippen LogP contribution in [0.25, 0.3) is 0 Å². The molecule has 0 aromatic rings. The minimum Gasteiger partial charge on any atom is -0.295 e. The van der Waals surface area contributed by atoms with Gasteiger partial charge in [0.1, 0.15) is 0 Å². The molecule has 0 aromatic carbocycles. The molecule has 42 valence electrons. The summed E-state index contributed by atoms with van der Waals surface area (Å²) in [5.41, 5.74) is 0. The predicted octanol–water partition coefficient (Wildman–Crippen LogP) is 0.707. The molecule has 0 heterocycles. The number of carbonyl (C=O) groups excluding carboxylic acids is 2. The molecule has 0 fully saturated rings. The smallest absolute Gasteiger partial charge is 0.295 e. The second kappa shape index (κ2) is 3.90. The van der Waals surface area contributed by atoms with Gasteiger partial charge in [-0.15, -0.1) is 5.11 Å². The highest BCUT2D eigenvalue weighted by Gasteiger charge is 1.87. The van der Waals surface area contributed by atoms with Gasteiger partial charge in [0.15, 0.2) is 4.77 Å². The van der Waals surface area contributed by atoms with Crippen molar-refractivity contribution in [3.8, 4) is 0 Å². The number of amides is 2. The van der Waals surface area contributed by atoms with Crippen molar-refractivity contribution in [1.82, 2.24) is 0 Å². The van der Waals surface area contributed by atoms with Crippen molar-refractivity contribution >= 4 is 41.8 Å². The summed E-state index contributed by atoms with van der Waals surface area (Å²) in [6.45, 7) is 0. The quantitative estimate of drug-likeness (QED) is 0.246.